The van der Waals surface area contributed by atoms with Crippen LogP contribution in [0.2, 0.25) is 0 Å². The molecule has 1 aromatic heterocycles. The summed E-state index contributed by atoms with van der Waals surface area (Å²) in [6, 6.07) is 2.46. The first kappa shape index (κ1) is 12.2. The number of hydrogen-bond donors (Lipinski definition) is 1. The highest BCUT2D eigenvalue weighted by Gasteiger charge is 2.34. The summed E-state index contributed by atoms with van der Waals surface area (Å²) in [6.07, 6.45) is 4.28. The van der Waals surface area contributed by atoms with Crippen LogP contribution in [0.15, 0.2) is 12.3 Å². The third-order valence-electron chi connectivity index (χ3n) is 3.34. The number of aromatic nitrogens is 1. The quantitative estimate of drug-likeness (QED) is 0.820. The molecule has 2 rings (SSSR count). The molecular formula is C13H20N2O2. The van der Waals surface area contributed by atoms with Crippen LogP contribution in [0.25, 0.3) is 0 Å². The van der Waals surface area contributed by atoms with E-state index in [9.17, 15) is 0 Å². The Kier molecular flexibility index (Phi) is 3.84. The molecule has 2 unspecified atom stereocenters. The van der Waals surface area contributed by atoms with Gasteiger partial charge in [-0.05, 0) is 12.3 Å². The van der Waals surface area contributed by atoms with Gasteiger partial charge in [0.25, 0.3) is 0 Å². The van der Waals surface area contributed by atoms with Gasteiger partial charge in [0.1, 0.15) is 0 Å². The van der Waals surface area contributed by atoms with E-state index in [2.05, 4.69) is 17.2 Å². The minimum Gasteiger partial charge on any atom is -0.493 e. The van der Waals surface area contributed by atoms with Crippen LogP contribution in [0, 0.1) is 5.92 Å². The van der Waals surface area contributed by atoms with Crippen LogP contribution in [0.4, 0.5) is 0 Å². The topological polar surface area (TPSA) is 43.4 Å². The zero-order chi connectivity index (χ0) is 12.3. The molecule has 4 heteroatoms. The van der Waals surface area contributed by atoms with Crippen LogP contribution in [0.1, 0.15) is 25.5 Å². The predicted octanol–water partition coefficient (Wildman–Crippen LogP) is 1.99. The molecule has 0 aliphatic heterocycles. The molecule has 0 aromatic carbocycles. The molecule has 0 radical (unpaired) electrons. The predicted molar refractivity (Wildman–Crippen MR) is 66.4 cm³/mol. The molecule has 1 aliphatic carbocycles. The summed E-state index contributed by atoms with van der Waals surface area (Å²) < 4.78 is 10.6. The minimum absolute atomic E-state index is 0.651. The standard InChI is InChI=1S/C13H20N2O2/c1-4-9-7-10(9)15-8-11-13(17-3)12(16-2)5-6-14-11/h5-6,9-10,15H,4,7-8H2,1-3H3. The molecule has 1 aliphatic rings. The lowest BCUT2D eigenvalue weighted by Gasteiger charge is -2.12. The fraction of sp³-hybridized carbons (Fsp3) is 0.615. The first-order chi connectivity index (χ1) is 8.30. The lowest BCUT2D eigenvalue weighted by Crippen LogP contribution is -2.19. The second-order valence-corrected chi connectivity index (χ2v) is 4.38. The van der Waals surface area contributed by atoms with Gasteiger partial charge in [-0.3, -0.25) is 4.98 Å². The highest BCUT2D eigenvalue weighted by Crippen LogP contribution is 2.34. The molecule has 1 aromatic rings. The molecule has 4 nitrogen and oxygen atoms in total. The van der Waals surface area contributed by atoms with Crippen molar-refractivity contribution in [2.45, 2.75) is 32.4 Å². The van der Waals surface area contributed by atoms with Crippen LogP contribution < -0.4 is 14.8 Å². The van der Waals surface area contributed by atoms with Crippen molar-refractivity contribution >= 4 is 0 Å². The number of hydrogen-bond acceptors (Lipinski definition) is 4. The van der Waals surface area contributed by atoms with E-state index >= 15 is 0 Å². The van der Waals surface area contributed by atoms with Crippen molar-refractivity contribution in [2.75, 3.05) is 14.2 Å². The number of rotatable bonds is 6. The Morgan fingerprint density at radius 2 is 2.24 bits per heavy atom. The van der Waals surface area contributed by atoms with E-state index in [0.717, 1.165) is 29.7 Å². The van der Waals surface area contributed by atoms with Gasteiger partial charge >= 0.3 is 0 Å². The lowest BCUT2D eigenvalue weighted by molar-refractivity contribution is 0.348. The highest BCUT2D eigenvalue weighted by molar-refractivity contribution is 5.42. The molecule has 0 saturated heterocycles. The minimum atomic E-state index is 0.651. The van der Waals surface area contributed by atoms with E-state index in [1.165, 1.54) is 12.8 Å². The molecule has 0 bridgehead atoms. The first-order valence-electron chi connectivity index (χ1n) is 6.09. The van der Waals surface area contributed by atoms with Crippen LogP contribution in [-0.2, 0) is 6.54 Å². The van der Waals surface area contributed by atoms with Crippen molar-refractivity contribution in [3.05, 3.63) is 18.0 Å². The van der Waals surface area contributed by atoms with E-state index < -0.39 is 0 Å². The van der Waals surface area contributed by atoms with Crippen molar-refractivity contribution in [2.24, 2.45) is 5.92 Å². The van der Waals surface area contributed by atoms with E-state index in [0.29, 0.717) is 6.04 Å². The van der Waals surface area contributed by atoms with Crippen molar-refractivity contribution in [1.29, 1.82) is 0 Å². The zero-order valence-corrected chi connectivity index (χ0v) is 10.7. The monoisotopic (exact) mass is 236 g/mol. The molecule has 0 spiro atoms. The molecule has 1 N–H and O–H groups in total. The Hall–Kier alpha value is -1.29. The number of nitrogens with zero attached hydrogens (tertiary/aromatic N) is 1. The largest absolute Gasteiger partial charge is 0.493 e. The molecule has 1 heterocycles. The molecule has 2 atom stereocenters. The maximum Gasteiger partial charge on any atom is 0.183 e. The zero-order valence-electron chi connectivity index (χ0n) is 10.7. The average Bonchev–Trinajstić information content (AvgIpc) is 3.14. The third-order valence-corrected chi connectivity index (χ3v) is 3.34. The van der Waals surface area contributed by atoms with Gasteiger partial charge in [0.15, 0.2) is 11.5 Å². The molecule has 1 saturated carbocycles. The van der Waals surface area contributed by atoms with Crippen LogP contribution in [0.5, 0.6) is 11.5 Å². The van der Waals surface area contributed by atoms with Gasteiger partial charge in [0, 0.05) is 24.8 Å². The van der Waals surface area contributed by atoms with Crippen molar-refractivity contribution in [3.63, 3.8) is 0 Å². The number of pyridine rings is 1. The fourth-order valence-electron chi connectivity index (χ4n) is 2.15. The summed E-state index contributed by atoms with van der Waals surface area (Å²) in [4.78, 5) is 4.34. The molecule has 94 valence electrons. The normalized spacial score (nSPS) is 22.3. The van der Waals surface area contributed by atoms with Crippen LogP contribution >= 0.6 is 0 Å². The Balaban J connectivity index is 2.00. The van der Waals surface area contributed by atoms with Gasteiger partial charge in [0.2, 0.25) is 0 Å². The summed E-state index contributed by atoms with van der Waals surface area (Å²) >= 11 is 0. The summed E-state index contributed by atoms with van der Waals surface area (Å²) in [7, 11) is 3.29. The molecule has 1 fully saturated rings. The highest BCUT2D eigenvalue weighted by atomic mass is 16.5. The summed E-state index contributed by atoms with van der Waals surface area (Å²) in [5.74, 6) is 2.31. The van der Waals surface area contributed by atoms with Crippen LogP contribution in [-0.4, -0.2) is 25.2 Å². The first-order valence-corrected chi connectivity index (χ1v) is 6.09. The molecular weight excluding hydrogens is 216 g/mol. The van der Waals surface area contributed by atoms with E-state index in [1.807, 2.05) is 6.07 Å². The maximum atomic E-state index is 5.35. The molecule has 0 amide bonds. The summed E-state index contributed by atoms with van der Waals surface area (Å²) in [5.41, 5.74) is 0.911. The second kappa shape index (κ2) is 5.36. The van der Waals surface area contributed by atoms with Gasteiger partial charge in [0.05, 0.1) is 19.9 Å². The summed E-state index contributed by atoms with van der Waals surface area (Å²) in [5, 5.41) is 3.50. The number of nitrogens with one attached hydrogen (secondary N) is 1. The Bertz CT molecular complexity index is 382. The summed E-state index contributed by atoms with van der Waals surface area (Å²) in [6.45, 7) is 2.97. The van der Waals surface area contributed by atoms with Crippen LogP contribution in [0.3, 0.4) is 0 Å². The van der Waals surface area contributed by atoms with Gasteiger partial charge in [-0.2, -0.15) is 0 Å². The number of ether oxygens (including phenoxy) is 2. The van der Waals surface area contributed by atoms with Gasteiger partial charge < -0.3 is 14.8 Å². The second-order valence-electron chi connectivity index (χ2n) is 4.38. The SMILES string of the molecule is CCC1CC1NCc1nccc(OC)c1OC. The van der Waals surface area contributed by atoms with E-state index in [1.54, 1.807) is 20.4 Å². The Labute approximate surface area is 102 Å². The van der Waals surface area contributed by atoms with Crippen molar-refractivity contribution in [3.8, 4) is 11.5 Å². The molecule has 17 heavy (non-hydrogen) atoms. The Morgan fingerprint density at radius 1 is 1.41 bits per heavy atom. The Morgan fingerprint density at radius 3 is 2.82 bits per heavy atom. The lowest BCUT2D eigenvalue weighted by atomic mass is 10.3. The van der Waals surface area contributed by atoms with Crippen molar-refractivity contribution < 1.29 is 9.47 Å². The number of methoxy groups -OCH3 is 2. The fourth-order valence-corrected chi connectivity index (χ4v) is 2.15. The van der Waals surface area contributed by atoms with E-state index in [4.69, 9.17) is 9.47 Å². The smallest absolute Gasteiger partial charge is 0.183 e. The van der Waals surface area contributed by atoms with Crippen molar-refractivity contribution in [1.82, 2.24) is 10.3 Å². The van der Waals surface area contributed by atoms with Gasteiger partial charge in [-0.25, -0.2) is 0 Å². The van der Waals surface area contributed by atoms with Gasteiger partial charge in [-0.1, -0.05) is 13.3 Å². The van der Waals surface area contributed by atoms with Gasteiger partial charge in [-0.15, -0.1) is 0 Å². The van der Waals surface area contributed by atoms with E-state index in [-0.39, 0.29) is 0 Å². The average molecular weight is 236 g/mol. The third kappa shape index (κ3) is 2.69. The maximum absolute atomic E-state index is 5.35.